The highest BCUT2D eigenvalue weighted by molar-refractivity contribution is 5.96. The highest BCUT2D eigenvalue weighted by Crippen LogP contribution is 2.37. The maximum Gasteiger partial charge on any atom is 0.391 e. The standard InChI is InChI=1S/C14H19F3N2O2/c1-3-11-12(8(2)19-21-11)13(20)18-10-6-4-9(5-7-10)14(15,16)17/h9-10H,3-7H2,1-2H3,(H,18,20). The van der Waals surface area contributed by atoms with E-state index in [-0.39, 0.29) is 24.8 Å². The molecule has 2 rings (SSSR count). The van der Waals surface area contributed by atoms with Gasteiger partial charge in [0.1, 0.15) is 11.3 Å². The molecule has 1 fully saturated rings. The average Bonchev–Trinajstić information content (AvgIpc) is 2.79. The molecule has 0 aliphatic heterocycles. The summed E-state index contributed by atoms with van der Waals surface area (Å²) in [5.74, 6) is -1.04. The van der Waals surface area contributed by atoms with Crippen LogP contribution in [-0.4, -0.2) is 23.3 Å². The number of halogens is 3. The lowest BCUT2D eigenvalue weighted by Gasteiger charge is -2.30. The van der Waals surface area contributed by atoms with Crippen LogP contribution in [0.15, 0.2) is 4.52 Å². The fraction of sp³-hybridized carbons (Fsp3) is 0.714. The summed E-state index contributed by atoms with van der Waals surface area (Å²) in [7, 11) is 0. The van der Waals surface area contributed by atoms with Crippen molar-refractivity contribution in [2.45, 2.75) is 58.2 Å². The summed E-state index contributed by atoms with van der Waals surface area (Å²) in [6, 6.07) is -0.213. The van der Waals surface area contributed by atoms with Gasteiger partial charge in [-0.3, -0.25) is 4.79 Å². The predicted octanol–water partition coefficient (Wildman–Crippen LogP) is 3.40. The van der Waals surface area contributed by atoms with Crippen molar-refractivity contribution in [2.24, 2.45) is 5.92 Å². The van der Waals surface area contributed by atoms with Crippen LogP contribution < -0.4 is 5.32 Å². The number of amides is 1. The molecule has 0 spiro atoms. The van der Waals surface area contributed by atoms with Crippen molar-refractivity contribution >= 4 is 5.91 Å². The van der Waals surface area contributed by atoms with E-state index in [1.807, 2.05) is 6.92 Å². The van der Waals surface area contributed by atoms with E-state index in [4.69, 9.17) is 4.52 Å². The van der Waals surface area contributed by atoms with Gasteiger partial charge in [0, 0.05) is 12.5 Å². The maximum absolute atomic E-state index is 12.6. The highest BCUT2D eigenvalue weighted by Gasteiger charge is 2.41. The van der Waals surface area contributed by atoms with Crippen LogP contribution in [0.4, 0.5) is 13.2 Å². The van der Waals surface area contributed by atoms with E-state index in [1.54, 1.807) is 6.92 Å². The Hall–Kier alpha value is -1.53. The van der Waals surface area contributed by atoms with Crippen molar-refractivity contribution in [3.05, 3.63) is 17.0 Å². The van der Waals surface area contributed by atoms with E-state index < -0.39 is 12.1 Å². The zero-order chi connectivity index (χ0) is 15.6. The first-order chi connectivity index (χ1) is 9.82. The van der Waals surface area contributed by atoms with Crippen LogP contribution in [0.5, 0.6) is 0 Å². The molecule has 1 heterocycles. The highest BCUT2D eigenvalue weighted by atomic mass is 19.4. The number of carbonyl (C=O) groups excluding carboxylic acids is 1. The van der Waals surface area contributed by atoms with Crippen LogP contribution in [0.3, 0.4) is 0 Å². The molecule has 118 valence electrons. The molecule has 7 heteroatoms. The average molecular weight is 304 g/mol. The first kappa shape index (κ1) is 15.9. The van der Waals surface area contributed by atoms with Gasteiger partial charge in [-0.15, -0.1) is 0 Å². The zero-order valence-corrected chi connectivity index (χ0v) is 12.1. The third-order valence-electron chi connectivity index (χ3n) is 4.01. The lowest BCUT2D eigenvalue weighted by molar-refractivity contribution is -0.182. The van der Waals surface area contributed by atoms with E-state index in [0.29, 0.717) is 36.3 Å². The van der Waals surface area contributed by atoms with E-state index in [1.165, 1.54) is 0 Å². The van der Waals surface area contributed by atoms with Gasteiger partial charge in [-0.05, 0) is 32.6 Å². The number of rotatable bonds is 3. The summed E-state index contributed by atoms with van der Waals surface area (Å²) in [5, 5.41) is 6.56. The monoisotopic (exact) mass is 304 g/mol. The van der Waals surface area contributed by atoms with Crippen molar-refractivity contribution in [3.63, 3.8) is 0 Å². The van der Waals surface area contributed by atoms with Crippen LogP contribution in [0.2, 0.25) is 0 Å². The van der Waals surface area contributed by atoms with Crippen LogP contribution in [0.25, 0.3) is 0 Å². The minimum Gasteiger partial charge on any atom is -0.360 e. The summed E-state index contributed by atoms with van der Waals surface area (Å²) in [4.78, 5) is 12.2. The van der Waals surface area contributed by atoms with E-state index in [0.717, 1.165) is 0 Å². The molecule has 1 aromatic heterocycles. The summed E-state index contributed by atoms with van der Waals surface area (Å²) < 4.78 is 42.9. The lowest BCUT2D eigenvalue weighted by Crippen LogP contribution is -2.40. The Balaban J connectivity index is 1.94. The second-order valence-corrected chi connectivity index (χ2v) is 5.48. The molecule has 21 heavy (non-hydrogen) atoms. The number of carbonyl (C=O) groups is 1. The van der Waals surface area contributed by atoms with Crippen molar-refractivity contribution in [1.29, 1.82) is 0 Å². The third-order valence-corrected chi connectivity index (χ3v) is 4.01. The minimum absolute atomic E-state index is 0.0672. The molecule has 0 saturated heterocycles. The normalized spacial score (nSPS) is 23.1. The number of nitrogens with zero attached hydrogens (tertiary/aromatic N) is 1. The molecule has 4 nitrogen and oxygen atoms in total. The van der Waals surface area contributed by atoms with Gasteiger partial charge in [0.2, 0.25) is 0 Å². The number of alkyl halides is 3. The van der Waals surface area contributed by atoms with Crippen molar-refractivity contribution in [1.82, 2.24) is 10.5 Å². The smallest absolute Gasteiger partial charge is 0.360 e. The minimum atomic E-state index is -4.13. The molecule has 1 amide bonds. The quantitative estimate of drug-likeness (QED) is 0.931. The summed E-state index contributed by atoms with van der Waals surface area (Å²) >= 11 is 0. The molecule has 1 aliphatic rings. The Kier molecular flexibility index (Phi) is 4.58. The van der Waals surface area contributed by atoms with Gasteiger partial charge >= 0.3 is 6.18 Å². The SMILES string of the molecule is CCc1onc(C)c1C(=O)NC1CCC(C(F)(F)F)CC1. The van der Waals surface area contributed by atoms with Gasteiger partial charge in [-0.25, -0.2) is 0 Å². The Morgan fingerprint density at radius 2 is 1.95 bits per heavy atom. The summed E-state index contributed by atoms with van der Waals surface area (Å²) in [5.41, 5.74) is 0.920. The first-order valence-electron chi connectivity index (χ1n) is 7.15. The molecular weight excluding hydrogens is 285 g/mol. The largest absolute Gasteiger partial charge is 0.391 e. The molecule has 0 radical (unpaired) electrons. The van der Waals surface area contributed by atoms with Crippen LogP contribution >= 0.6 is 0 Å². The van der Waals surface area contributed by atoms with Gasteiger partial charge in [-0.2, -0.15) is 13.2 Å². The van der Waals surface area contributed by atoms with Gasteiger partial charge in [-0.1, -0.05) is 12.1 Å². The molecule has 1 saturated carbocycles. The van der Waals surface area contributed by atoms with Gasteiger partial charge in [0.25, 0.3) is 5.91 Å². The first-order valence-corrected chi connectivity index (χ1v) is 7.15. The number of nitrogens with one attached hydrogen (secondary N) is 1. The van der Waals surface area contributed by atoms with Crippen LogP contribution in [0, 0.1) is 12.8 Å². The molecule has 0 atom stereocenters. The fourth-order valence-electron chi connectivity index (χ4n) is 2.77. The van der Waals surface area contributed by atoms with Crippen LogP contribution in [0.1, 0.15) is 54.4 Å². The fourth-order valence-corrected chi connectivity index (χ4v) is 2.77. The topological polar surface area (TPSA) is 55.1 Å². The van der Waals surface area contributed by atoms with Crippen molar-refractivity contribution in [3.8, 4) is 0 Å². The molecule has 1 aliphatic carbocycles. The predicted molar refractivity (Wildman–Crippen MR) is 69.9 cm³/mol. The second-order valence-electron chi connectivity index (χ2n) is 5.48. The van der Waals surface area contributed by atoms with E-state index in [9.17, 15) is 18.0 Å². The molecule has 1 N–H and O–H groups in total. The Morgan fingerprint density at radius 3 is 2.48 bits per heavy atom. The summed E-state index contributed by atoms with van der Waals surface area (Å²) in [6.07, 6.45) is -2.75. The van der Waals surface area contributed by atoms with Crippen LogP contribution in [-0.2, 0) is 6.42 Å². The molecule has 0 unspecified atom stereocenters. The van der Waals surface area contributed by atoms with E-state index in [2.05, 4.69) is 10.5 Å². The number of aromatic nitrogens is 1. The second kappa shape index (κ2) is 6.07. The van der Waals surface area contributed by atoms with Gasteiger partial charge in [0.15, 0.2) is 0 Å². The van der Waals surface area contributed by atoms with Crippen molar-refractivity contribution < 1.29 is 22.5 Å². The summed E-state index contributed by atoms with van der Waals surface area (Å²) in [6.45, 7) is 3.53. The Labute approximate surface area is 121 Å². The van der Waals surface area contributed by atoms with Gasteiger partial charge < -0.3 is 9.84 Å². The van der Waals surface area contributed by atoms with Gasteiger partial charge in [0.05, 0.1) is 11.6 Å². The number of hydrogen-bond acceptors (Lipinski definition) is 3. The van der Waals surface area contributed by atoms with E-state index >= 15 is 0 Å². The lowest BCUT2D eigenvalue weighted by atomic mass is 9.85. The number of aryl methyl sites for hydroxylation is 2. The molecule has 0 bridgehead atoms. The Bertz CT molecular complexity index is 503. The molecule has 0 aromatic carbocycles. The number of hydrogen-bond donors (Lipinski definition) is 1. The molecular formula is C14H19F3N2O2. The Morgan fingerprint density at radius 1 is 1.33 bits per heavy atom. The zero-order valence-electron chi connectivity index (χ0n) is 12.1. The molecule has 1 aromatic rings. The third kappa shape index (κ3) is 3.57. The van der Waals surface area contributed by atoms with Crippen molar-refractivity contribution in [2.75, 3.05) is 0 Å². The maximum atomic E-state index is 12.6.